The molecule has 2 aromatic carbocycles. The number of carbonyl (C=O) groups is 1. The number of hydrogen-bond donors (Lipinski definition) is 1. The van der Waals surface area contributed by atoms with Crippen molar-refractivity contribution in [1.82, 2.24) is 4.90 Å². The number of benzene rings is 2. The molecule has 130 valence electrons. The van der Waals surface area contributed by atoms with Gasteiger partial charge in [0, 0.05) is 18.3 Å². The molecule has 0 saturated heterocycles. The highest BCUT2D eigenvalue weighted by Crippen LogP contribution is 2.26. The molecule has 0 radical (unpaired) electrons. The summed E-state index contributed by atoms with van der Waals surface area (Å²) in [5, 5.41) is 2.84. The molecule has 7 heteroatoms. The zero-order valence-electron chi connectivity index (χ0n) is 14.3. The lowest BCUT2D eigenvalue weighted by molar-refractivity contribution is -0.116. The third-order valence-electron chi connectivity index (χ3n) is 3.86. The van der Waals surface area contributed by atoms with E-state index in [1.807, 2.05) is 32.0 Å². The Morgan fingerprint density at radius 3 is 2.44 bits per heavy atom. The Hall–Kier alpha value is -2.67. The molecule has 1 aliphatic heterocycles. The van der Waals surface area contributed by atoms with Crippen molar-refractivity contribution < 1.29 is 13.2 Å². The molecular formula is C18H19N3O3S. The quantitative estimate of drug-likeness (QED) is 0.914. The van der Waals surface area contributed by atoms with Gasteiger partial charge in [0.1, 0.15) is 4.90 Å². The molecule has 1 aliphatic rings. The molecule has 2 aromatic rings. The highest BCUT2D eigenvalue weighted by Gasteiger charge is 2.30. The van der Waals surface area contributed by atoms with E-state index < -0.39 is 10.0 Å². The first-order valence-electron chi connectivity index (χ1n) is 7.80. The maximum Gasteiger partial charge on any atom is 0.285 e. The molecule has 0 fully saturated rings. The van der Waals surface area contributed by atoms with Gasteiger partial charge in [-0.3, -0.25) is 4.79 Å². The summed E-state index contributed by atoms with van der Waals surface area (Å²) in [6.45, 7) is 3.92. The van der Waals surface area contributed by atoms with E-state index in [2.05, 4.69) is 9.71 Å². The van der Waals surface area contributed by atoms with Crippen molar-refractivity contribution >= 4 is 27.5 Å². The molecule has 1 heterocycles. The molecule has 0 spiro atoms. The molecule has 0 bridgehead atoms. The smallest absolute Gasteiger partial charge is 0.285 e. The first kappa shape index (κ1) is 17.2. The summed E-state index contributed by atoms with van der Waals surface area (Å²) >= 11 is 0. The maximum absolute atomic E-state index is 12.3. The van der Waals surface area contributed by atoms with Gasteiger partial charge in [0.2, 0.25) is 5.91 Å². The minimum absolute atomic E-state index is 0.00429. The van der Waals surface area contributed by atoms with Crippen LogP contribution < -0.4 is 5.32 Å². The number of aryl methyl sites for hydroxylation is 2. The molecule has 0 aliphatic carbocycles. The predicted octanol–water partition coefficient (Wildman–Crippen LogP) is 2.32. The van der Waals surface area contributed by atoms with E-state index in [1.165, 1.54) is 6.07 Å². The number of amidine groups is 1. The Labute approximate surface area is 147 Å². The van der Waals surface area contributed by atoms with Crippen LogP contribution in [0.3, 0.4) is 0 Å². The number of carbonyl (C=O) groups excluding carboxylic acids is 1. The molecule has 3 rings (SSSR count). The number of fused-ring (bicyclic) bond motifs is 1. The monoisotopic (exact) mass is 357 g/mol. The summed E-state index contributed by atoms with van der Waals surface area (Å²) in [5.41, 5.74) is 3.36. The van der Waals surface area contributed by atoms with Gasteiger partial charge in [-0.05, 0) is 49.2 Å². The molecule has 25 heavy (non-hydrogen) atoms. The number of likely N-dealkylation sites (N-methyl/N-ethyl adjacent to an activating group) is 1. The fraction of sp³-hybridized carbons (Fsp3) is 0.222. The number of nitrogens with one attached hydrogen (secondary N) is 1. The van der Waals surface area contributed by atoms with Crippen LogP contribution in [0.15, 0.2) is 51.8 Å². The Bertz CT molecular complexity index is 961. The van der Waals surface area contributed by atoms with Crippen LogP contribution in [0.2, 0.25) is 0 Å². The molecule has 0 aromatic heterocycles. The summed E-state index contributed by atoms with van der Waals surface area (Å²) in [4.78, 5) is 14.0. The van der Waals surface area contributed by atoms with Gasteiger partial charge in [-0.25, -0.2) is 0 Å². The van der Waals surface area contributed by atoms with Crippen molar-refractivity contribution in [3.05, 3.63) is 59.2 Å². The second kappa shape index (κ2) is 6.33. The molecule has 0 unspecified atom stereocenters. The highest BCUT2D eigenvalue weighted by atomic mass is 32.2. The second-order valence-corrected chi connectivity index (χ2v) is 7.74. The van der Waals surface area contributed by atoms with E-state index in [0.717, 1.165) is 16.8 Å². The Balaban J connectivity index is 1.77. The van der Waals surface area contributed by atoms with Gasteiger partial charge in [0.25, 0.3) is 10.0 Å². The molecule has 0 atom stereocenters. The topological polar surface area (TPSA) is 78.8 Å². The average molecular weight is 357 g/mol. The van der Waals surface area contributed by atoms with E-state index in [0.29, 0.717) is 5.56 Å². The van der Waals surface area contributed by atoms with Crippen molar-refractivity contribution in [3.8, 4) is 0 Å². The SMILES string of the molecule is Cc1cc(C)cc(NC(=O)CN(C)C2=NS(=O)(=O)c3ccccc32)c1. The molecule has 6 nitrogen and oxygen atoms in total. The number of hydrogen-bond acceptors (Lipinski definition) is 4. The van der Waals surface area contributed by atoms with Crippen LogP contribution in [0.4, 0.5) is 5.69 Å². The van der Waals surface area contributed by atoms with Crippen LogP contribution in [0.5, 0.6) is 0 Å². The number of nitrogens with zero attached hydrogens (tertiary/aromatic N) is 2. The molecule has 0 saturated carbocycles. The normalized spacial score (nSPS) is 14.6. The minimum Gasteiger partial charge on any atom is -0.349 e. The van der Waals surface area contributed by atoms with Gasteiger partial charge in [0.05, 0.1) is 6.54 Å². The fourth-order valence-corrected chi connectivity index (χ4v) is 4.15. The van der Waals surface area contributed by atoms with Gasteiger partial charge in [-0.1, -0.05) is 18.2 Å². The zero-order valence-corrected chi connectivity index (χ0v) is 15.1. The number of anilines is 1. The van der Waals surface area contributed by atoms with Gasteiger partial charge in [0.15, 0.2) is 5.84 Å². The summed E-state index contributed by atoms with van der Waals surface area (Å²) < 4.78 is 28.0. The van der Waals surface area contributed by atoms with Crippen LogP contribution in [-0.2, 0) is 14.8 Å². The Morgan fingerprint density at radius 2 is 1.76 bits per heavy atom. The van der Waals surface area contributed by atoms with Gasteiger partial charge < -0.3 is 10.2 Å². The highest BCUT2D eigenvalue weighted by molar-refractivity contribution is 7.90. The number of amides is 1. The summed E-state index contributed by atoms with van der Waals surface area (Å²) in [6, 6.07) is 12.4. The van der Waals surface area contributed by atoms with Crippen molar-refractivity contribution in [3.63, 3.8) is 0 Å². The van der Waals surface area contributed by atoms with Crippen LogP contribution in [0.1, 0.15) is 16.7 Å². The van der Waals surface area contributed by atoms with E-state index in [-0.39, 0.29) is 23.2 Å². The fourth-order valence-electron chi connectivity index (χ4n) is 2.90. The standard InChI is InChI=1S/C18H19N3O3S/c1-12-8-13(2)10-14(9-12)19-17(22)11-21(3)18-15-6-4-5-7-16(15)25(23,24)20-18/h4-10H,11H2,1-3H3,(H,19,22). The third kappa shape index (κ3) is 3.56. The van der Waals surface area contributed by atoms with E-state index in [1.54, 1.807) is 30.1 Å². The zero-order chi connectivity index (χ0) is 18.2. The average Bonchev–Trinajstić information content (AvgIpc) is 2.78. The van der Waals surface area contributed by atoms with Crippen molar-refractivity contribution in [2.75, 3.05) is 18.9 Å². The lowest BCUT2D eigenvalue weighted by atomic mass is 10.1. The second-order valence-electron chi connectivity index (χ2n) is 6.17. The molecular weight excluding hydrogens is 338 g/mol. The predicted molar refractivity (Wildman–Crippen MR) is 97.3 cm³/mol. The maximum atomic E-state index is 12.3. The first-order chi connectivity index (χ1) is 11.8. The Kier molecular flexibility index (Phi) is 4.34. The van der Waals surface area contributed by atoms with Gasteiger partial charge >= 0.3 is 0 Å². The van der Waals surface area contributed by atoms with E-state index >= 15 is 0 Å². The van der Waals surface area contributed by atoms with Crippen LogP contribution in [-0.4, -0.2) is 38.7 Å². The molecule has 1 N–H and O–H groups in total. The Morgan fingerprint density at radius 1 is 1.12 bits per heavy atom. The lowest BCUT2D eigenvalue weighted by Crippen LogP contribution is -2.34. The van der Waals surface area contributed by atoms with Gasteiger partial charge in [-0.2, -0.15) is 8.42 Å². The van der Waals surface area contributed by atoms with Crippen molar-refractivity contribution in [2.24, 2.45) is 4.40 Å². The van der Waals surface area contributed by atoms with Crippen molar-refractivity contribution in [2.45, 2.75) is 18.7 Å². The van der Waals surface area contributed by atoms with Crippen LogP contribution in [0, 0.1) is 13.8 Å². The third-order valence-corrected chi connectivity index (χ3v) is 5.19. The summed E-state index contributed by atoms with van der Waals surface area (Å²) in [6.07, 6.45) is 0. The minimum atomic E-state index is -3.69. The largest absolute Gasteiger partial charge is 0.349 e. The summed E-state index contributed by atoms with van der Waals surface area (Å²) in [5.74, 6) is 0.0446. The van der Waals surface area contributed by atoms with E-state index in [4.69, 9.17) is 0 Å². The van der Waals surface area contributed by atoms with E-state index in [9.17, 15) is 13.2 Å². The van der Waals surface area contributed by atoms with Gasteiger partial charge in [-0.15, -0.1) is 4.40 Å². The lowest BCUT2D eigenvalue weighted by Gasteiger charge is -2.18. The van der Waals surface area contributed by atoms with Crippen molar-refractivity contribution in [1.29, 1.82) is 0 Å². The van der Waals surface area contributed by atoms with Crippen LogP contribution >= 0.6 is 0 Å². The number of rotatable bonds is 3. The first-order valence-corrected chi connectivity index (χ1v) is 9.24. The molecule has 1 amide bonds. The summed E-state index contributed by atoms with van der Waals surface area (Å²) in [7, 11) is -2.04. The number of sulfonamides is 1. The van der Waals surface area contributed by atoms with Crippen LogP contribution in [0.25, 0.3) is 0 Å².